The van der Waals surface area contributed by atoms with Crippen molar-refractivity contribution in [2.24, 2.45) is 0 Å². The van der Waals surface area contributed by atoms with Crippen LogP contribution in [0.2, 0.25) is 0 Å². The summed E-state index contributed by atoms with van der Waals surface area (Å²) in [6, 6.07) is 13.8. The molecule has 0 aliphatic heterocycles. The van der Waals surface area contributed by atoms with Gasteiger partial charge in [0.15, 0.2) is 16.8 Å². The highest BCUT2D eigenvalue weighted by atomic mass is 32.2. The molecule has 2 aromatic carbocycles. The number of carbonyl (C=O) groups is 1. The van der Waals surface area contributed by atoms with Crippen molar-refractivity contribution in [3.05, 3.63) is 83.2 Å². The Kier molecular flexibility index (Phi) is 6.88. The molecule has 0 N–H and O–H groups in total. The fraction of sp³-hybridized carbons (Fsp3) is 0.261. The number of thioether (sulfide) groups is 1. The predicted octanol–water partition coefficient (Wildman–Crippen LogP) is 4.94. The third-order valence-electron chi connectivity index (χ3n) is 4.48. The molecule has 0 unspecified atom stereocenters. The number of allylic oxidation sites excluding steroid dienone is 1. The van der Waals surface area contributed by atoms with E-state index in [9.17, 15) is 4.79 Å². The van der Waals surface area contributed by atoms with Gasteiger partial charge in [0.05, 0.1) is 5.75 Å². The molecule has 0 aliphatic carbocycles. The third kappa shape index (κ3) is 5.35. The van der Waals surface area contributed by atoms with Gasteiger partial charge in [0.25, 0.3) is 0 Å². The second kappa shape index (κ2) is 9.56. The summed E-state index contributed by atoms with van der Waals surface area (Å²) in [5.74, 6) is 1.88. The van der Waals surface area contributed by atoms with Crippen molar-refractivity contribution in [2.75, 3.05) is 5.75 Å². The fourth-order valence-corrected chi connectivity index (χ4v) is 3.88. The number of rotatable bonds is 9. The zero-order chi connectivity index (χ0) is 20.8. The molecule has 0 saturated heterocycles. The Morgan fingerprint density at radius 3 is 2.66 bits per heavy atom. The summed E-state index contributed by atoms with van der Waals surface area (Å²) < 4.78 is 7.79. The van der Waals surface area contributed by atoms with Gasteiger partial charge in [0.2, 0.25) is 0 Å². The minimum atomic E-state index is 0.0817. The van der Waals surface area contributed by atoms with E-state index in [1.165, 1.54) is 11.8 Å². The van der Waals surface area contributed by atoms with Gasteiger partial charge in [-0.3, -0.25) is 9.36 Å². The monoisotopic (exact) mass is 407 g/mol. The van der Waals surface area contributed by atoms with E-state index in [2.05, 4.69) is 16.8 Å². The van der Waals surface area contributed by atoms with Crippen molar-refractivity contribution in [2.45, 2.75) is 39.1 Å². The Morgan fingerprint density at radius 2 is 1.93 bits per heavy atom. The van der Waals surface area contributed by atoms with Crippen LogP contribution in [-0.2, 0) is 13.2 Å². The lowest BCUT2D eigenvalue weighted by Gasteiger charge is -2.10. The summed E-state index contributed by atoms with van der Waals surface area (Å²) in [6.07, 6.45) is 1.79. The van der Waals surface area contributed by atoms with E-state index in [0.29, 0.717) is 29.9 Å². The SMILES string of the molecule is C=CCn1c(COc2cccc(C)c2)nnc1SCC(=O)c1ccc(C)cc1C. The minimum absolute atomic E-state index is 0.0817. The van der Waals surface area contributed by atoms with Crippen molar-refractivity contribution in [3.8, 4) is 5.75 Å². The minimum Gasteiger partial charge on any atom is -0.486 e. The molecule has 29 heavy (non-hydrogen) atoms. The summed E-state index contributed by atoms with van der Waals surface area (Å²) in [6.45, 7) is 10.7. The average Bonchev–Trinajstić information content (AvgIpc) is 3.06. The lowest BCUT2D eigenvalue weighted by atomic mass is 10.0. The van der Waals surface area contributed by atoms with Crippen LogP contribution in [0.1, 0.15) is 32.9 Å². The van der Waals surface area contributed by atoms with Crippen molar-refractivity contribution in [1.29, 1.82) is 0 Å². The van der Waals surface area contributed by atoms with E-state index in [-0.39, 0.29) is 5.78 Å². The van der Waals surface area contributed by atoms with Gasteiger partial charge in [-0.25, -0.2) is 0 Å². The Bertz CT molecular complexity index is 1030. The molecule has 0 radical (unpaired) electrons. The number of benzene rings is 2. The number of aryl methyl sites for hydroxylation is 3. The fourth-order valence-electron chi connectivity index (χ4n) is 3.03. The number of hydrogen-bond donors (Lipinski definition) is 0. The maximum atomic E-state index is 12.6. The molecule has 3 aromatic rings. The van der Waals surface area contributed by atoms with Crippen molar-refractivity contribution in [3.63, 3.8) is 0 Å². The first-order valence-corrected chi connectivity index (χ1v) is 10.4. The largest absolute Gasteiger partial charge is 0.486 e. The predicted molar refractivity (Wildman–Crippen MR) is 117 cm³/mol. The van der Waals surface area contributed by atoms with Gasteiger partial charge in [-0.2, -0.15) is 0 Å². The van der Waals surface area contributed by atoms with Crippen LogP contribution in [0.15, 0.2) is 60.3 Å². The molecule has 1 aromatic heterocycles. The van der Waals surface area contributed by atoms with Gasteiger partial charge in [0.1, 0.15) is 12.4 Å². The van der Waals surface area contributed by atoms with E-state index in [1.807, 2.05) is 67.8 Å². The molecule has 0 aliphatic rings. The quantitative estimate of drug-likeness (QED) is 0.286. The molecule has 3 rings (SSSR count). The highest BCUT2D eigenvalue weighted by Gasteiger charge is 2.16. The second-order valence-electron chi connectivity index (χ2n) is 6.93. The number of carbonyl (C=O) groups excluding carboxylic acids is 1. The number of Topliss-reactive ketones (excluding diaryl/α,β-unsaturated/α-hetero) is 1. The normalized spacial score (nSPS) is 10.7. The molecule has 6 heteroatoms. The van der Waals surface area contributed by atoms with Crippen molar-refractivity contribution < 1.29 is 9.53 Å². The first-order valence-electron chi connectivity index (χ1n) is 9.43. The summed E-state index contributed by atoms with van der Waals surface area (Å²) in [7, 11) is 0. The molecule has 0 fully saturated rings. The van der Waals surface area contributed by atoms with Gasteiger partial charge < -0.3 is 4.74 Å². The number of hydrogen-bond acceptors (Lipinski definition) is 5. The standard InChI is InChI=1S/C23H25N3O2S/c1-5-11-26-22(14-28-19-8-6-7-16(2)13-19)24-25-23(26)29-15-21(27)20-10-9-17(3)12-18(20)4/h5-10,12-13H,1,11,14-15H2,2-4H3. The summed E-state index contributed by atoms with van der Waals surface area (Å²) in [5, 5.41) is 9.21. The van der Waals surface area contributed by atoms with Crippen LogP contribution in [0.5, 0.6) is 5.75 Å². The number of nitrogens with zero attached hydrogens (tertiary/aromatic N) is 3. The molecule has 0 spiro atoms. The highest BCUT2D eigenvalue weighted by Crippen LogP contribution is 2.21. The van der Waals surface area contributed by atoms with Crippen LogP contribution in [0.3, 0.4) is 0 Å². The van der Waals surface area contributed by atoms with Crippen molar-refractivity contribution in [1.82, 2.24) is 14.8 Å². The van der Waals surface area contributed by atoms with E-state index < -0.39 is 0 Å². The Morgan fingerprint density at radius 1 is 1.14 bits per heavy atom. The molecule has 5 nitrogen and oxygen atoms in total. The zero-order valence-corrected chi connectivity index (χ0v) is 17.8. The number of ketones is 1. The maximum absolute atomic E-state index is 12.6. The van der Waals surface area contributed by atoms with Crippen LogP contribution >= 0.6 is 11.8 Å². The molecular formula is C23H25N3O2S. The van der Waals surface area contributed by atoms with Gasteiger partial charge in [-0.15, -0.1) is 16.8 Å². The number of aromatic nitrogens is 3. The van der Waals surface area contributed by atoms with E-state index in [0.717, 1.165) is 28.0 Å². The van der Waals surface area contributed by atoms with Crippen LogP contribution in [-0.4, -0.2) is 26.3 Å². The molecule has 0 saturated carbocycles. The van der Waals surface area contributed by atoms with E-state index in [1.54, 1.807) is 6.08 Å². The van der Waals surface area contributed by atoms with Gasteiger partial charge in [-0.1, -0.05) is 53.7 Å². The molecule has 0 amide bonds. The smallest absolute Gasteiger partial charge is 0.192 e. The van der Waals surface area contributed by atoms with Crippen LogP contribution in [0, 0.1) is 20.8 Å². The lowest BCUT2D eigenvalue weighted by Crippen LogP contribution is -2.09. The topological polar surface area (TPSA) is 57.0 Å². The first-order chi connectivity index (χ1) is 14.0. The Balaban J connectivity index is 1.69. The van der Waals surface area contributed by atoms with Gasteiger partial charge >= 0.3 is 0 Å². The molecular weight excluding hydrogens is 382 g/mol. The highest BCUT2D eigenvalue weighted by molar-refractivity contribution is 7.99. The number of ether oxygens (including phenoxy) is 1. The molecule has 150 valence electrons. The molecule has 1 heterocycles. The second-order valence-corrected chi connectivity index (χ2v) is 7.88. The summed E-state index contributed by atoms with van der Waals surface area (Å²) >= 11 is 1.38. The average molecular weight is 408 g/mol. The zero-order valence-electron chi connectivity index (χ0n) is 17.0. The Hall–Kier alpha value is -2.86. The van der Waals surface area contributed by atoms with Gasteiger partial charge in [-0.05, 0) is 44.0 Å². The lowest BCUT2D eigenvalue weighted by molar-refractivity contribution is 0.102. The summed E-state index contributed by atoms with van der Waals surface area (Å²) in [4.78, 5) is 12.6. The van der Waals surface area contributed by atoms with Crippen LogP contribution in [0.25, 0.3) is 0 Å². The molecule has 0 bridgehead atoms. The van der Waals surface area contributed by atoms with Crippen LogP contribution in [0.4, 0.5) is 0 Å². The first kappa shape index (κ1) is 20.9. The van der Waals surface area contributed by atoms with Crippen molar-refractivity contribution >= 4 is 17.5 Å². The summed E-state index contributed by atoms with van der Waals surface area (Å²) in [5.41, 5.74) is 4.03. The van der Waals surface area contributed by atoms with E-state index in [4.69, 9.17) is 4.74 Å². The maximum Gasteiger partial charge on any atom is 0.192 e. The molecule has 0 atom stereocenters. The third-order valence-corrected chi connectivity index (χ3v) is 5.44. The van der Waals surface area contributed by atoms with Gasteiger partial charge in [0, 0.05) is 12.1 Å². The van der Waals surface area contributed by atoms with Crippen LogP contribution < -0.4 is 4.74 Å². The Labute approximate surface area is 175 Å². The van der Waals surface area contributed by atoms with E-state index >= 15 is 0 Å².